The van der Waals surface area contributed by atoms with E-state index in [4.69, 9.17) is 9.47 Å². The molecule has 2 aromatic carbocycles. The SMILES string of the molecule is CCCCCCCCCCCCCCCCc1cc(C(=O)c2cc(Br)ccc2O)c(C(=O)OC)c(C(=O)OC)c1O. The molecule has 0 spiro atoms. The van der Waals surface area contributed by atoms with Gasteiger partial charge < -0.3 is 19.7 Å². The van der Waals surface area contributed by atoms with E-state index in [0.717, 1.165) is 39.9 Å². The number of benzene rings is 2. The number of hydrogen-bond acceptors (Lipinski definition) is 7. The second-order valence-corrected chi connectivity index (χ2v) is 11.4. The number of carbonyl (C=O) groups is 3. The lowest BCUT2D eigenvalue weighted by Gasteiger charge is -2.17. The van der Waals surface area contributed by atoms with Gasteiger partial charge in [0.1, 0.15) is 17.1 Å². The first kappa shape index (κ1) is 34.3. The summed E-state index contributed by atoms with van der Waals surface area (Å²) in [7, 11) is 2.25. The number of unbranched alkanes of at least 4 members (excludes halogenated alkanes) is 13. The van der Waals surface area contributed by atoms with E-state index >= 15 is 0 Å². The average Bonchev–Trinajstić information content (AvgIpc) is 2.97. The van der Waals surface area contributed by atoms with E-state index in [0.29, 0.717) is 16.5 Å². The van der Waals surface area contributed by atoms with E-state index < -0.39 is 34.6 Å². The molecule has 0 atom stereocenters. The van der Waals surface area contributed by atoms with Gasteiger partial charge in [-0.25, -0.2) is 9.59 Å². The van der Waals surface area contributed by atoms with Crippen molar-refractivity contribution in [1.29, 1.82) is 0 Å². The minimum absolute atomic E-state index is 0.0616. The number of methoxy groups -OCH3 is 2. The molecule has 0 aliphatic rings. The highest BCUT2D eigenvalue weighted by Gasteiger charge is 2.32. The highest BCUT2D eigenvalue weighted by Crippen LogP contribution is 2.35. The Labute approximate surface area is 252 Å². The number of aromatic hydroxyl groups is 2. The smallest absolute Gasteiger partial charge is 0.342 e. The van der Waals surface area contributed by atoms with Crippen LogP contribution >= 0.6 is 15.9 Å². The molecule has 0 aromatic heterocycles. The van der Waals surface area contributed by atoms with Crippen molar-refractivity contribution in [2.75, 3.05) is 14.2 Å². The van der Waals surface area contributed by atoms with Gasteiger partial charge in [0, 0.05) is 10.0 Å². The average molecular weight is 634 g/mol. The Hall–Kier alpha value is -2.87. The van der Waals surface area contributed by atoms with E-state index in [2.05, 4.69) is 22.9 Å². The van der Waals surface area contributed by atoms with Gasteiger partial charge in [0.25, 0.3) is 0 Å². The van der Waals surface area contributed by atoms with Crippen LogP contribution in [0.5, 0.6) is 11.5 Å². The molecule has 2 rings (SSSR count). The molecule has 0 radical (unpaired) electrons. The van der Waals surface area contributed by atoms with Crippen molar-refractivity contribution in [2.45, 2.75) is 103 Å². The van der Waals surface area contributed by atoms with E-state index in [9.17, 15) is 24.6 Å². The lowest BCUT2D eigenvalue weighted by Crippen LogP contribution is -2.19. The zero-order chi connectivity index (χ0) is 30.2. The molecular formula is C33H45BrO7. The summed E-state index contributed by atoms with van der Waals surface area (Å²) in [6, 6.07) is 5.77. The highest BCUT2D eigenvalue weighted by atomic mass is 79.9. The Morgan fingerprint density at radius 1 is 0.683 bits per heavy atom. The van der Waals surface area contributed by atoms with Gasteiger partial charge in [-0.2, -0.15) is 0 Å². The first-order chi connectivity index (χ1) is 19.8. The summed E-state index contributed by atoms with van der Waals surface area (Å²) in [6.07, 6.45) is 17.4. The molecule has 0 saturated heterocycles. The third-order valence-corrected chi connectivity index (χ3v) is 7.90. The predicted octanol–water partition coefficient (Wildman–Crippen LogP) is 8.69. The molecular weight excluding hydrogens is 588 g/mol. The minimum atomic E-state index is -0.971. The quantitative estimate of drug-likeness (QED) is 0.0905. The molecule has 0 fully saturated rings. The van der Waals surface area contributed by atoms with Crippen LogP contribution in [0.2, 0.25) is 0 Å². The lowest BCUT2D eigenvalue weighted by atomic mass is 9.89. The van der Waals surface area contributed by atoms with Gasteiger partial charge in [0.05, 0.1) is 25.3 Å². The van der Waals surface area contributed by atoms with E-state index in [1.54, 1.807) is 6.07 Å². The standard InChI is InChI=1S/C33H45BrO7/c1-4-5-6-7-8-9-10-11-12-13-14-15-16-17-18-23-21-26(31(37)25-22-24(34)19-20-27(25)35)28(32(38)40-2)29(30(23)36)33(39)41-3/h19-22,35-36H,4-18H2,1-3H3. The van der Waals surface area contributed by atoms with Gasteiger partial charge in [-0.3, -0.25) is 4.79 Å². The molecule has 0 bridgehead atoms. The van der Waals surface area contributed by atoms with Crippen LogP contribution < -0.4 is 0 Å². The van der Waals surface area contributed by atoms with Crippen molar-refractivity contribution in [3.63, 3.8) is 0 Å². The summed E-state index contributed by atoms with van der Waals surface area (Å²) in [5, 5.41) is 21.4. The molecule has 2 aromatic rings. The molecule has 0 amide bonds. The zero-order valence-corrected chi connectivity index (χ0v) is 26.3. The van der Waals surface area contributed by atoms with Gasteiger partial charge in [-0.15, -0.1) is 0 Å². The number of phenolic OH excluding ortho intramolecular Hbond substituents is 2. The van der Waals surface area contributed by atoms with Crippen LogP contribution in [0.25, 0.3) is 0 Å². The fraction of sp³-hybridized carbons (Fsp3) is 0.545. The van der Waals surface area contributed by atoms with Crippen LogP contribution in [0.4, 0.5) is 0 Å². The van der Waals surface area contributed by atoms with E-state index in [1.165, 1.54) is 82.4 Å². The fourth-order valence-corrected chi connectivity index (χ4v) is 5.42. The minimum Gasteiger partial charge on any atom is -0.507 e. The monoisotopic (exact) mass is 632 g/mol. The molecule has 0 unspecified atom stereocenters. The number of aryl methyl sites for hydroxylation is 1. The summed E-state index contributed by atoms with van der Waals surface area (Å²) in [6.45, 7) is 2.24. The fourth-order valence-electron chi connectivity index (χ4n) is 5.06. The molecule has 0 saturated carbocycles. The Morgan fingerprint density at radius 3 is 1.68 bits per heavy atom. The predicted molar refractivity (Wildman–Crippen MR) is 164 cm³/mol. The molecule has 7 nitrogen and oxygen atoms in total. The molecule has 8 heteroatoms. The van der Waals surface area contributed by atoms with Crippen molar-refractivity contribution in [3.05, 3.63) is 56.6 Å². The maximum atomic E-state index is 13.6. The first-order valence-electron chi connectivity index (χ1n) is 14.8. The molecule has 0 heterocycles. The molecule has 0 aliphatic carbocycles. The van der Waals surface area contributed by atoms with Crippen molar-refractivity contribution < 1.29 is 34.1 Å². The van der Waals surface area contributed by atoms with Crippen molar-refractivity contribution >= 4 is 33.7 Å². The molecule has 0 aliphatic heterocycles. The number of carbonyl (C=O) groups excluding carboxylic acids is 3. The summed E-state index contributed by atoms with van der Waals surface area (Å²) in [5.74, 6) is -3.30. The topological polar surface area (TPSA) is 110 Å². The van der Waals surface area contributed by atoms with Gasteiger partial charge in [-0.05, 0) is 42.7 Å². The highest BCUT2D eigenvalue weighted by molar-refractivity contribution is 9.10. The Morgan fingerprint density at radius 2 is 1.17 bits per heavy atom. The maximum absolute atomic E-state index is 13.6. The molecule has 41 heavy (non-hydrogen) atoms. The van der Waals surface area contributed by atoms with Crippen LogP contribution in [0.3, 0.4) is 0 Å². The Balaban J connectivity index is 2.07. The number of rotatable bonds is 19. The van der Waals surface area contributed by atoms with E-state index in [-0.39, 0.29) is 16.9 Å². The van der Waals surface area contributed by atoms with Crippen molar-refractivity contribution in [3.8, 4) is 11.5 Å². The van der Waals surface area contributed by atoms with Gasteiger partial charge in [0.15, 0.2) is 5.78 Å². The number of esters is 2. The summed E-state index contributed by atoms with van der Waals surface area (Å²) in [4.78, 5) is 39.0. The number of ketones is 1. The Bertz CT molecular complexity index is 1160. The maximum Gasteiger partial charge on any atom is 0.342 e. The van der Waals surface area contributed by atoms with Crippen LogP contribution in [0.1, 0.15) is 139 Å². The van der Waals surface area contributed by atoms with Crippen LogP contribution in [0.15, 0.2) is 28.7 Å². The normalized spacial score (nSPS) is 10.9. The van der Waals surface area contributed by atoms with Crippen LogP contribution in [-0.2, 0) is 15.9 Å². The second-order valence-electron chi connectivity index (χ2n) is 10.5. The third kappa shape index (κ3) is 10.5. The number of ether oxygens (including phenoxy) is 2. The summed E-state index contributed by atoms with van der Waals surface area (Å²) >= 11 is 3.29. The summed E-state index contributed by atoms with van der Waals surface area (Å²) < 4.78 is 10.2. The van der Waals surface area contributed by atoms with Crippen LogP contribution in [0, 0.1) is 0 Å². The lowest BCUT2D eigenvalue weighted by molar-refractivity contribution is 0.0550. The summed E-state index contributed by atoms with van der Waals surface area (Å²) in [5.41, 5.74) is -0.668. The number of hydrogen-bond donors (Lipinski definition) is 2. The molecule has 226 valence electrons. The number of phenols is 2. The van der Waals surface area contributed by atoms with Gasteiger partial charge in [-0.1, -0.05) is 106 Å². The Kier molecular flexibility index (Phi) is 15.5. The second kappa shape index (κ2) is 18.5. The van der Waals surface area contributed by atoms with E-state index in [1.807, 2.05) is 0 Å². The van der Waals surface area contributed by atoms with Crippen molar-refractivity contribution in [2.24, 2.45) is 0 Å². The number of halogens is 1. The largest absolute Gasteiger partial charge is 0.507 e. The molecule has 2 N–H and O–H groups in total. The van der Waals surface area contributed by atoms with Crippen molar-refractivity contribution in [1.82, 2.24) is 0 Å². The van der Waals surface area contributed by atoms with Gasteiger partial charge >= 0.3 is 11.9 Å². The zero-order valence-electron chi connectivity index (χ0n) is 24.7. The first-order valence-corrected chi connectivity index (χ1v) is 15.6. The van der Waals surface area contributed by atoms with Gasteiger partial charge in [0.2, 0.25) is 0 Å². The van der Waals surface area contributed by atoms with Crippen LogP contribution in [-0.4, -0.2) is 42.2 Å². The third-order valence-electron chi connectivity index (χ3n) is 7.41.